The Kier molecular flexibility index (Phi) is 7.95. The molecule has 0 aliphatic carbocycles. The second kappa shape index (κ2) is 9.54. The van der Waals surface area contributed by atoms with Gasteiger partial charge in [-0.3, -0.25) is 9.78 Å². The van der Waals surface area contributed by atoms with Crippen molar-refractivity contribution in [2.75, 3.05) is 13.1 Å². The van der Waals surface area contributed by atoms with Crippen LogP contribution in [0, 0.1) is 5.92 Å². The van der Waals surface area contributed by atoms with Crippen molar-refractivity contribution in [1.82, 2.24) is 9.88 Å². The molecule has 4 nitrogen and oxygen atoms in total. The fraction of sp³-hybridized carbons (Fsp3) is 0.684. The lowest BCUT2D eigenvalue weighted by molar-refractivity contribution is -0.135. The smallest absolute Gasteiger partial charge is 0.219 e. The van der Waals surface area contributed by atoms with Crippen molar-refractivity contribution in [2.24, 2.45) is 5.92 Å². The van der Waals surface area contributed by atoms with Gasteiger partial charge in [0.25, 0.3) is 0 Å². The first-order chi connectivity index (χ1) is 12.4. The average Bonchev–Trinajstić information content (AvgIpc) is 2.57. The topological polar surface area (TPSA) is 42.4 Å². The first kappa shape index (κ1) is 21.7. The summed E-state index contributed by atoms with van der Waals surface area (Å²) < 4.78 is 6.79. The summed E-state index contributed by atoms with van der Waals surface area (Å²) in [6.45, 7) is 9.99. The fourth-order valence-electron chi connectivity index (χ4n) is 3.69. The van der Waals surface area contributed by atoms with Crippen molar-refractivity contribution in [3.63, 3.8) is 0 Å². The van der Waals surface area contributed by atoms with Gasteiger partial charge < -0.3 is 9.33 Å². The van der Waals surface area contributed by atoms with Crippen molar-refractivity contribution in [3.05, 3.63) is 28.0 Å². The van der Waals surface area contributed by atoms with Crippen molar-refractivity contribution in [3.8, 4) is 0 Å². The maximum atomic E-state index is 11.4. The molecule has 1 atom stereocenters. The third-order valence-corrected chi connectivity index (χ3v) is 11.0. The van der Waals surface area contributed by atoms with Crippen LogP contribution in [0.5, 0.6) is 0 Å². The van der Waals surface area contributed by atoms with E-state index in [9.17, 15) is 4.79 Å². The predicted octanol–water partition coefficient (Wildman–Crippen LogP) is 5.71. The van der Waals surface area contributed by atoms with Gasteiger partial charge in [-0.2, -0.15) is 0 Å². The summed E-state index contributed by atoms with van der Waals surface area (Å²) in [6, 6.07) is 3.25. The second-order valence-corrected chi connectivity index (χ2v) is 12.8. The Morgan fingerprint density at radius 3 is 2.23 bits per heavy atom. The van der Waals surface area contributed by atoms with Crippen LogP contribution >= 0.6 is 23.2 Å². The highest BCUT2D eigenvalue weighted by atomic mass is 35.5. The van der Waals surface area contributed by atoms with Crippen LogP contribution in [0.2, 0.25) is 28.2 Å². The van der Waals surface area contributed by atoms with E-state index < -0.39 is 8.32 Å². The maximum Gasteiger partial charge on any atom is 0.219 e. The van der Waals surface area contributed by atoms with E-state index >= 15 is 0 Å². The Bertz CT molecular complexity index is 591. The van der Waals surface area contributed by atoms with Gasteiger partial charge in [0.2, 0.25) is 5.91 Å². The van der Waals surface area contributed by atoms with Gasteiger partial charge in [0.05, 0.1) is 16.1 Å². The minimum absolute atomic E-state index is 0.101. The molecule has 0 radical (unpaired) electrons. The largest absolute Gasteiger partial charge is 0.410 e. The predicted molar refractivity (Wildman–Crippen MR) is 110 cm³/mol. The van der Waals surface area contributed by atoms with Gasteiger partial charge in [-0.25, -0.2) is 0 Å². The molecule has 1 amide bonds. The number of amides is 1. The van der Waals surface area contributed by atoms with E-state index in [4.69, 9.17) is 27.6 Å². The van der Waals surface area contributed by atoms with Crippen LogP contribution in [-0.2, 0) is 9.22 Å². The van der Waals surface area contributed by atoms with E-state index in [1.807, 2.05) is 4.90 Å². The number of carbonyl (C=O) groups excluding carboxylic acids is 1. The molecule has 0 saturated carbocycles. The summed E-state index contributed by atoms with van der Waals surface area (Å²) in [5.74, 6) is 0.689. The van der Waals surface area contributed by atoms with Crippen LogP contribution in [0.1, 0.15) is 52.2 Å². The minimum atomic E-state index is -1.81. The van der Waals surface area contributed by atoms with Crippen molar-refractivity contribution in [1.29, 1.82) is 0 Å². The molecule has 0 spiro atoms. The summed E-state index contributed by atoms with van der Waals surface area (Å²) in [5.41, 5.74) is 0.873. The number of likely N-dealkylation sites (tertiary alicyclic amines) is 1. The van der Waals surface area contributed by atoms with Gasteiger partial charge in [-0.15, -0.1) is 0 Å². The highest BCUT2D eigenvalue weighted by molar-refractivity contribution is 6.73. The normalized spacial score (nSPS) is 16.5. The summed E-state index contributed by atoms with van der Waals surface area (Å²) in [5, 5.41) is 1.15. The van der Waals surface area contributed by atoms with Crippen molar-refractivity contribution >= 4 is 37.4 Å². The summed E-state index contributed by atoms with van der Waals surface area (Å²) in [7, 11) is -1.81. The van der Waals surface area contributed by atoms with Gasteiger partial charge in [-0.05, 0) is 36.9 Å². The van der Waals surface area contributed by atoms with Crippen LogP contribution in [0.3, 0.4) is 0 Å². The Morgan fingerprint density at radius 2 is 1.77 bits per heavy atom. The van der Waals surface area contributed by atoms with Crippen LogP contribution < -0.4 is 0 Å². The van der Waals surface area contributed by atoms with E-state index in [-0.39, 0.29) is 12.0 Å². The van der Waals surface area contributed by atoms with Gasteiger partial charge in [0, 0.05) is 38.0 Å². The molecule has 0 N–H and O–H groups in total. The van der Waals surface area contributed by atoms with Gasteiger partial charge in [0.15, 0.2) is 8.32 Å². The molecule has 2 heterocycles. The molecule has 2 rings (SSSR count). The summed E-state index contributed by atoms with van der Waals surface area (Å²) in [4.78, 5) is 17.4. The van der Waals surface area contributed by atoms with Gasteiger partial charge in [-0.1, -0.05) is 44.0 Å². The molecule has 1 aliphatic heterocycles. The Labute approximate surface area is 168 Å². The van der Waals surface area contributed by atoms with Crippen LogP contribution in [0.4, 0.5) is 0 Å². The molecular weight excluding hydrogens is 387 g/mol. The number of pyridine rings is 1. The molecule has 0 aromatic carbocycles. The van der Waals surface area contributed by atoms with Crippen LogP contribution in [-0.4, -0.2) is 37.2 Å². The molecule has 1 unspecified atom stereocenters. The number of hydrogen-bond acceptors (Lipinski definition) is 3. The Morgan fingerprint density at radius 1 is 1.23 bits per heavy atom. The molecule has 1 aromatic heterocycles. The number of carbonyl (C=O) groups is 1. The number of nitrogens with zero attached hydrogens (tertiary/aromatic N) is 2. The molecule has 1 saturated heterocycles. The summed E-state index contributed by atoms with van der Waals surface area (Å²) >= 11 is 12.9. The second-order valence-electron chi connectivity index (χ2n) is 7.23. The highest BCUT2D eigenvalue weighted by Gasteiger charge is 2.35. The Hall–Kier alpha value is -0.623. The number of hydrogen-bond donors (Lipinski definition) is 0. The van der Waals surface area contributed by atoms with Crippen molar-refractivity contribution < 1.29 is 9.22 Å². The van der Waals surface area contributed by atoms with Crippen LogP contribution in [0.25, 0.3) is 0 Å². The lowest BCUT2D eigenvalue weighted by atomic mass is 9.92. The van der Waals surface area contributed by atoms with E-state index in [2.05, 4.69) is 25.8 Å². The zero-order valence-electron chi connectivity index (χ0n) is 16.2. The quantitative estimate of drug-likeness (QED) is 0.484. The zero-order chi connectivity index (χ0) is 19.3. The zero-order valence-corrected chi connectivity index (χ0v) is 18.7. The third-order valence-electron chi connectivity index (χ3n) is 5.78. The monoisotopic (exact) mass is 416 g/mol. The van der Waals surface area contributed by atoms with E-state index in [1.54, 1.807) is 19.3 Å². The van der Waals surface area contributed by atoms with E-state index in [1.165, 1.54) is 0 Å². The molecule has 0 bridgehead atoms. The molecule has 7 heteroatoms. The summed E-state index contributed by atoms with van der Waals surface area (Å²) in [6.07, 6.45) is 5.07. The highest BCUT2D eigenvalue weighted by Crippen LogP contribution is 2.39. The Balaban J connectivity index is 2.15. The first-order valence-electron chi connectivity index (χ1n) is 9.58. The number of aromatic nitrogens is 1. The lowest BCUT2D eigenvalue weighted by Crippen LogP contribution is -2.49. The molecule has 26 heavy (non-hydrogen) atoms. The number of halogens is 2. The molecular formula is C19H30Cl2N2O2Si. The third kappa shape index (κ3) is 5.00. The molecule has 1 aromatic rings. The van der Waals surface area contributed by atoms with Gasteiger partial charge in [0.1, 0.15) is 0 Å². The van der Waals surface area contributed by atoms with E-state index in [0.29, 0.717) is 16.0 Å². The fourth-order valence-corrected chi connectivity index (χ4v) is 7.14. The van der Waals surface area contributed by atoms with Gasteiger partial charge >= 0.3 is 0 Å². The lowest BCUT2D eigenvalue weighted by Gasteiger charge is -2.40. The average molecular weight is 417 g/mol. The van der Waals surface area contributed by atoms with E-state index in [0.717, 1.165) is 49.6 Å². The SMILES string of the molecule is CC[Si](CC)(CC)OC(CCC1CN(C(C)=O)C1)c1c(Cl)cncc1Cl. The first-order valence-corrected chi connectivity index (χ1v) is 12.9. The molecule has 1 fully saturated rings. The molecule has 1 aliphatic rings. The minimum Gasteiger partial charge on any atom is -0.410 e. The molecule has 146 valence electrons. The van der Waals surface area contributed by atoms with Crippen molar-refractivity contribution in [2.45, 2.75) is 64.8 Å². The maximum absolute atomic E-state index is 11.4. The van der Waals surface area contributed by atoms with Crippen LogP contribution in [0.15, 0.2) is 12.4 Å². The number of rotatable bonds is 9. The standard InChI is InChI=1S/C19H30Cl2N2O2Si/c1-5-26(6-2,7-3)25-18(19-16(20)10-22-11-17(19)21)9-8-15-12-23(13-15)14(4)24/h10-11,15,18H,5-9,12-13H2,1-4H3.